The molecule has 2 rings (SSSR count). The number of halogens is 2. The van der Waals surface area contributed by atoms with E-state index in [-0.39, 0.29) is 5.91 Å². The van der Waals surface area contributed by atoms with Crippen LogP contribution in [0.1, 0.15) is 10.4 Å². The highest BCUT2D eigenvalue weighted by atomic mass is 79.9. The van der Waals surface area contributed by atoms with Crippen molar-refractivity contribution in [2.75, 3.05) is 24.3 Å². The van der Waals surface area contributed by atoms with Gasteiger partial charge in [0.05, 0.1) is 22.0 Å². The average molecular weight is 354 g/mol. The number of carbonyl (C=O) groups is 1. The molecule has 0 saturated carbocycles. The summed E-state index contributed by atoms with van der Waals surface area (Å²) in [6.45, 7) is 0. The summed E-state index contributed by atoms with van der Waals surface area (Å²) in [5.74, 6) is -0.231. The molecule has 0 bridgehead atoms. The van der Waals surface area contributed by atoms with Crippen LogP contribution in [0.4, 0.5) is 11.4 Å². The maximum Gasteiger partial charge on any atom is 0.257 e. The molecule has 5 heteroatoms. The van der Waals surface area contributed by atoms with Gasteiger partial charge in [0.25, 0.3) is 5.91 Å². The molecule has 0 fully saturated rings. The molecule has 0 atom stereocenters. The van der Waals surface area contributed by atoms with Crippen molar-refractivity contribution in [1.82, 2.24) is 0 Å². The summed E-state index contributed by atoms with van der Waals surface area (Å²) < 4.78 is 0.702. The second-order valence-corrected chi connectivity index (χ2v) is 5.70. The Hall–Kier alpha value is -1.52. The molecule has 20 heavy (non-hydrogen) atoms. The van der Waals surface area contributed by atoms with E-state index in [0.29, 0.717) is 15.1 Å². The first-order valence-corrected chi connectivity index (χ1v) is 7.19. The molecule has 0 radical (unpaired) electrons. The Bertz CT molecular complexity index is 644. The first-order chi connectivity index (χ1) is 9.50. The number of para-hydroxylation sites is 2. The maximum atomic E-state index is 12.3. The Balaban J connectivity index is 2.31. The average Bonchev–Trinajstić information content (AvgIpc) is 2.42. The van der Waals surface area contributed by atoms with Crippen LogP contribution in [0.5, 0.6) is 0 Å². The summed E-state index contributed by atoms with van der Waals surface area (Å²) in [6.07, 6.45) is 0. The zero-order chi connectivity index (χ0) is 14.7. The van der Waals surface area contributed by atoms with E-state index in [1.807, 2.05) is 43.3 Å². The second-order valence-electron chi connectivity index (χ2n) is 4.47. The standard InChI is InChI=1S/C15H14BrClN2O/c1-19(2)13-9-4-3-8-12(13)18-15(20)10-6-5-7-11(16)14(10)17/h3-9H,1-2H3,(H,18,20). The minimum Gasteiger partial charge on any atom is -0.376 e. The Kier molecular flexibility index (Phi) is 4.68. The van der Waals surface area contributed by atoms with Gasteiger partial charge in [-0.1, -0.05) is 29.8 Å². The molecule has 1 N–H and O–H groups in total. The number of rotatable bonds is 3. The molecular formula is C15H14BrClN2O. The normalized spacial score (nSPS) is 10.2. The van der Waals surface area contributed by atoms with Gasteiger partial charge in [0.2, 0.25) is 0 Å². The Morgan fingerprint density at radius 3 is 2.55 bits per heavy atom. The van der Waals surface area contributed by atoms with Gasteiger partial charge in [0.15, 0.2) is 0 Å². The summed E-state index contributed by atoms with van der Waals surface area (Å²) in [7, 11) is 3.86. The molecule has 0 unspecified atom stereocenters. The smallest absolute Gasteiger partial charge is 0.257 e. The molecule has 0 aromatic heterocycles. The fourth-order valence-corrected chi connectivity index (χ4v) is 2.42. The predicted octanol–water partition coefficient (Wildman–Crippen LogP) is 4.42. The number of anilines is 2. The number of nitrogens with one attached hydrogen (secondary N) is 1. The van der Waals surface area contributed by atoms with Crippen LogP contribution in [0.3, 0.4) is 0 Å². The molecule has 104 valence electrons. The van der Waals surface area contributed by atoms with Crippen LogP contribution in [0.2, 0.25) is 5.02 Å². The first-order valence-electron chi connectivity index (χ1n) is 6.02. The molecule has 1 amide bonds. The summed E-state index contributed by atoms with van der Waals surface area (Å²) in [4.78, 5) is 14.3. The lowest BCUT2D eigenvalue weighted by Gasteiger charge is -2.18. The molecule has 0 aliphatic carbocycles. The lowest BCUT2D eigenvalue weighted by molar-refractivity contribution is 0.102. The number of hydrogen-bond acceptors (Lipinski definition) is 2. The molecule has 2 aromatic carbocycles. The van der Waals surface area contributed by atoms with Gasteiger partial charge in [-0.05, 0) is 40.2 Å². The van der Waals surface area contributed by atoms with Gasteiger partial charge in [-0.2, -0.15) is 0 Å². The van der Waals surface area contributed by atoms with Crippen LogP contribution in [0.15, 0.2) is 46.9 Å². The lowest BCUT2D eigenvalue weighted by Crippen LogP contribution is -2.17. The van der Waals surface area contributed by atoms with E-state index in [1.54, 1.807) is 18.2 Å². The summed E-state index contributed by atoms with van der Waals surface area (Å²) >= 11 is 9.46. The van der Waals surface area contributed by atoms with Gasteiger partial charge in [-0.25, -0.2) is 0 Å². The lowest BCUT2D eigenvalue weighted by atomic mass is 10.2. The van der Waals surface area contributed by atoms with E-state index in [4.69, 9.17) is 11.6 Å². The van der Waals surface area contributed by atoms with Crippen molar-refractivity contribution in [3.8, 4) is 0 Å². The van der Waals surface area contributed by atoms with Crippen LogP contribution in [0.25, 0.3) is 0 Å². The quantitative estimate of drug-likeness (QED) is 0.886. The van der Waals surface area contributed by atoms with Crippen LogP contribution >= 0.6 is 27.5 Å². The molecule has 0 saturated heterocycles. The molecule has 3 nitrogen and oxygen atoms in total. The molecule has 0 aliphatic rings. The van der Waals surface area contributed by atoms with Gasteiger partial charge >= 0.3 is 0 Å². The van der Waals surface area contributed by atoms with E-state index in [2.05, 4.69) is 21.2 Å². The van der Waals surface area contributed by atoms with Gasteiger partial charge in [0.1, 0.15) is 0 Å². The van der Waals surface area contributed by atoms with Crippen LogP contribution < -0.4 is 10.2 Å². The molecule has 0 aliphatic heterocycles. The monoisotopic (exact) mass is 352 g/mol. The summed E-state index contributed by atoms with van der Waals surface area (Å²) in [6, 6.07) is 12.9. The zero-order valence-electron chi connectivity index (χ0n) is 11.2. The summed E-state index contributed by atoms with van der Waals surface area (Å²) in [5, 5.41) is 3.30. The largest absolute Gasteiger partial charge is 0.376 e. The van der Waals surface area contributed by atoms with Crippen LogP contribution in [0, 0.1) is 0 Å². The van der Waals surface area contributed by atoms with E-state index >= 15 is 0 Å². The van der Waals surface area contributed by atoms with Crippen LogP contribution in [-0.4, -0.2) is 20.0 Å². The SMILES string of the molecule is CN(C)c1ccccc1NC(=O)c1cccc(Br)c1Cl. The number of benzene rings is 2. The van der Waals surface area contributed by atoms with E-state index in [9.17, 15) is 4.79 Å². The molecule has 0 spiro atoms. The number of hydrogen-bond donors (Lipinski definition) is 1. The van der Waals surface area contributed by atoms with Gasteiger partial charge in [0, 0.05) is 18.6 Å². The molecule has 2 aromatic rings. The van der Waals surface area contributed by atoms with Gasteiger partial charge in [-0.3, -0.25) is 4.79 Å². The third-order valence-electron chi connectivity index (χ3n) is 2.83. The highest BCUT2D eigenvalue weighted by Crippen LogP contribution is 2.28. The zero-order valence-corrected chi connectivity index (χ0v) is 13.5. The Morgan fingerprint density at radius 2 is 1.85 bits per heavy atom. The van der Waals surface area contributed by atoms with E-state index < -0.39 is 0 Å². The van der Waals surface area contributed by atoms with Crippen molar-refractivity contribution in [1.29, 1.82) is 0 Å². The number of amides is 1. The minimum atomic E-state index is -0.231. The van der Waals surface area contributed by atoms with Crippen molar-refractivity contribution in [2.45, 2.75) is 0 Å². The second kappa shape index (κ2) is 6.29. The number of carbonyl (C=O) groups excluding carboxylic acids is 1. The van der Waals surface area contributed by atoms with E-state index in [0.717, 1.165) is 11.4 Å². The Morgan fingerprint density at radius 1 is 1.15 bits per heavy atom. The van der Waals surface area contributed by atoms with Crippen molar-refractivity contribution in [3.05, 3.63) is 57.5 Å². The van der Waals surface area contributed by atoms with Crippen molar-refractivity contribution >= 4 is 44.8 Å². The molecule has 0 heterocycles. The fourth-order valence-electron chi connectivity index (χ4n) is 1.84. The maximum absolute atomic E-state index is 12.3. The highest BCUT2D eigenvalue weighted by Gasteiger charge is 2.14. The van der Waals surface area contributed by atoms with Crippen molar-refractivity contribution in [2.24, 2.45) is 0 Å². The Labute approximate surface area is 131 Å². The topological polar surface area (TPSA) is 32.3 Å². The first kappa shape index (κ1) is 14.9. The van der Waals surface area contributed by atoms with Crippen LogP contribution in [-0.2, 0) is 0 Å². The van der Waals surface area contributed by atoms with E-state index in [1.165, 1.54) is 0 Å². The number of nitrogens with zero attached hydrogens (tertiary/aromatic N) is 1. The molecular weight excluding hydrogens is 340 g/mol. The van der Waals surface area contributed by atoms with Crippen molar-refractivity contribution in [3.63, 3.8) is 0 Å². The summed E-state index contributed by atoms with van der Waals surface area (Å²) in [5.41, 5.74) is 2.13. The highest BCUT2D eigenvalue weighted by molar-refractivity contribution is 9.10. The third kappa shape index (κ3) is 3.14. The minimum absolute atomic E-state index is 0.231. The fraction of sp³-hybridized carbons (Fsp3) is 0.133. The van der Waals surface area contributed by atoms with Gasteiger partial charge < -0.3 is 10.2 Å². The van der Waals surface area contributed by atoms with Crippen molar-refractivity contribution < 1.29 is 4.79 Å². The van der Waals surface area contributed by atoms with Gasteiger partial charge in [-0.15, -0.1) is 0 Å². The third-order valence-corrected chi connectivity index (χ3v) is 4.13. The predicted molar refractivity (Wildman–Crippen MR) is 87.9 cm³/mol.